The molecule has 2 unspecified atom stereocenters. The summed E-state index contributed by atoms with van der Waals surface area (Å²) >= 11 is 0. The third kappa shape index (κ3) is 0.338. The molecule has 0 amide bonds. The summed E-state index contributed by atoms with van der Waals surface area (Å²) in [6, 6.07) is 0. The van der Waals surface area contributed by atoms with Gasteiger partial charge in [0.1, 0.15) is 0 Å². The first kappa shape index (κ1) is 2.08. The fourth-order valence-corrected chi connectivity index (χ4v) is 17.4. The molecule has 2 saturated heterocycles. The normalized spacial score (nSPS) is 79.2. The van der Waals surface area contributed by atoms with E-state index < -0.39 is 6.46 Å². The molecule has 2 heterocycles. The molecule has 5 heavy (non-hydrogen) atoms. The van der Waals surface area contributed by atoms with E-state index in [1.165, 1.54) is 13.4 Å². The summed E-state index contributed by atoms with van der Waals surface area (Å²) in [7, 11) is 2.64. The van der Waals surface area contributed by atoms with Crippen molar-refractivity contribution >= 4 is 29.2 Å². The van der Waals surface area contributed by atoms with Crippen LogP contribution in [0, 0.1) is 0 Å². The Morgan fingerprint density at radius 1 is 2.80 bits per heavy atom. The average molecular weight is 124 g/mol. The van der Waals surface area contributed by atoms with Gasteiger partial charge in [0.2, 0.25) is 0 Å². The topological polar surface area (TPSA) is 0 Å². The van der Waals surface area contributed by atoms with E-state index in [-0.39, 0.29) is 7.30 Å². The molecule has 0 aliphatic carbocycles. The van der Waals surface area contributed by atoms with Crippen LogP contribution in [0.25, 0.3) is 0 Å². The van der Waals surface area contributed by atoms with Gasteiger partial charge < -0.3 is 0 Å². The van der Waals surface area contributed by atoms with E-state index in [9.17, 15) is 0 Å². The van der Waals surface area contributed by atoms with Crippen LogP contribution in [0.5, 0.6) is 0 Å². The molecule has 0 spiro atoms. The SMILES string of the molecule is [2H][B]P12([3H])CP1P2. The summed E-state index contributed by atoms with van der Waals surface area (Å²) in [6.07, 6.45) is 0. The first-order valence-corrected chi connectivity index (χ1v) is 8.50. The van der Waals surface area contributed by atoms with Crippen molar-refractivity contribution in [2.75, 3.05) is 5.90 Å². The van der Waals surface area contributed by atoms with Gasteiger partial charge in [-0.1, -0.05) is 0 Å². The van der Waals surface area contributed by atoms with Gasteiger partial charge in [0, 0.05) is 0 Å². The maximum absolute atomic E-state index is 7.65. The van der Waals surface area contributed by atoms with Gasteiger partial charge in [0.15, 0.2) is 0 Å². The van der Waals surface area contributed by atoms with Crippen LogP contribution in [0.2, 0.25) is 0 Å². The molecule has 0 saturated carbocycles. The van der Waals surface area contributed by atoms with Crippen LogP contribution in [0.3, 0.4) is 0 Å². The second-order valence-electron chi connectivity index (χ2n) is 1.47. The van der Waals surface area contributed by atoms with E-state index in [1.54, 1.807) is 0 Å². The van der Waals surface area contributed by atoms with E-state index in [0.717, 1.165) is 7.96 Å². The maximum atomic E-state index is 7.65. The molecular formula is CH5BP3. The Hall–Kier alpha value is 1.35. The van der Waals surface area contributed by atoms with Crippen molar-refractivity contribution in [3.05, 3.63) is 0 Å². The third-order valence-electron chi connectivity index (χ3n) is 0.944. The third-order valence-corrected chi connectivity index (χ3v) is 20.0. The van der Waals surface area contributed by atoms with Crippen molar-refractivity contribution in [3.63, 3.8) is 0 Å². The van der Waals surface area contributed by atoms with Gasteiger partial charge >= 0.3 is 37.8 Å². The Labute approximate surface area is 38.7 Å². The molecule has 27 valence electrons. The molecule has 0 nitrogen and oxygen atoms in total. The standard InChI is InChI=1S/CH5BP3/c2-5-1-4(5)3-5/h2-3,5H,1H2/i2D,5T. The summed E-state index contributed by atoms with van der Waals surface area (Å²) < 4.78 is 14.6. The van der Waals surface area contributed by atoms with Gasteiger partial charge in [-0.2, -0.15) is 0 Å². The van der Waals surface area contributed by atoms with Crippen LogP contribution < -0.4 is 0 Å². The summed E-state index contributed by atoms with van der Waals surface area (Å²) in [4.78, 5) is 0. The molecule has 0 aromatic carbocycles. The summed E-state index contributed by atoms with van der Waals surface area (Å²) in [5.41, 5.74) is 0. The fraction of sp³-hybridized carbons (Fsp3) is 1.00. The van der Waals surface area contributed by atoms with Gasteiger partial charge in [-0.25, -0.2) is 0 Å². The fourth-order valence-electron chi connectivity index (χ4n) is 0.341. The van der Waals surface area contributed by atoms with Crippen LogP contribution in [0.1, 0.15) is 0 Å². The second kappa shape index (κ2) is 0.665. The summed E-state index contributed by atoms with van der Waals surface area (Å²) in [6.45, 7) is -1.77. The van der Waals surface area contributed by atoms with Crippen molar-refractivity contribution in [1.82, 2.24) is 0 Å². The van der Waals surface area contributed by atoms with Gasteiger partial charge in [-0.05, 0) is 0 Å². The minimum absolute atomic E-state index is 0.212. The average Bonchev–Trinajstić information content (AvgIpc) is 2.26. The molecule has 0 aromatic rings. The minimum atomic E-state index is -1.77. The van der Waals surface area contributed by atoms with Gasteiger partial charge in [0.05, 0.1) is 0 Å². The Bertz CT molecular complexity index is 131. The number of hydrogen-bond acceptors (Lipinski definition) is 0. The Morgan fingerprint density at radius 3 is 3.40 bits per heavy atom. The molecule has 2 aliphatic rings. The second-order valence-corrected chi connectivity index (χ2v) is 17.5. The predicted octanol–water partition coefficient (Wildman–Crippen LogP) is 1.44. The van der Waals surface area contributed by atoms with Crippen LogP contribution in [0.4, 0.5) is 0 Å². The van der Waals surface area contributed by atoms with Crippen molar-refractivity contribution < 1.29 is 0 Å². The van der Waals surface area contributed by atoms with Crippen LogP contribution in [0.15, 0.2) is 0 Å². The van der Waals surface area contributed by atoms with E-state index in [4.69, 9.17) is 2.61 Å². The molecule has 2 atom stereocenters. The first-order valence-electron chi connectivity index (χ1n) is 2.56. The zero-order valence-corrected chi connectivity index (χ0v) is 5.47. The van der Waals surface area contributed by atoms with Crippen molar-refractivity contribution in [2.24, 2.45) is 0 Å². The zero-order valence-electron chi connectivity index (χ0n) is 4.68. The molecular weight excluding hydrogens is 116 g/mol. The monoisotopic (exact) mass is 124 g/mol. The molecule has 0 aromatic heterocycles. The van der Waals surface area contributed by atoms with Gasteiger partial charge in [-0.3, -0.25) is 0 Å². The van der Waals surface area contributed by atoms with E-state index in [0.29, 0.717) is 0 Å². The first-order chi connectivity index (χ1) is 3.18. The van der Waals surface area contributed by atoms with Crippen molar-refractivity contribution in [2.45, 2.75) is 0 Å². The number of rotatable bonds is 1. The molecule has 0 N–H and O–H groups in total. The molecule has 0 bridgehead atoms. The van der Waals surface area contributed by atoms with E-state index in [2.05, 4.69) is 0 Å². The molecule has 2 rings (SSSR count). The summed E-state index contributed by atoms with van der Waals surface area (Å²) in [5.74, 6) is 1.17. The quantitative estimate of drug-likeness (QED) is 0.366. The van der Waals surface area contributed by atoms with Crippen LogP contribution in [-0.4, -0.2) is 16.0 Å². The Morgan fingerprint density at radius 2 is 3.40 bits per heavy atom. The predicted molar refractivity (Wildman–Crippen MR) is 35.6 cm³/mol. The number of hydrogen-bond donors (Lipinski definition) is 0. The van der Waals surface area contributed by atoms with Crippen LogP contribution >= 0.6 is 21.7 Å². The van der Waals surface area contributed by atoms with Crippen molar-refractivity contribution in [1.29, 1.82) is 2.61 Å². The van der Waals surface area contributed by atoms with Gasteiger partial charge in [-0.15, -0.1) is 0 Å². The Kier molecular flexibility index (Phi) is 0.277. The van der Waals surface area contributed by atoms with Crippen LogP contribution in [-0.2, 0) is 0 Å². The summed E-state index contributed by atoms with van der Waals surface area (Å²) in [5, 5.41) is 0. The molecule has 2 aliphatic heterocycles. The van der Waals surface area contributed by atoms with Gasteiger partial charge in [0.25, 0.3) is 0 Å². The van der Waals surface area contributed by atoms with Crippen molar-refractivity contribution in [3.8, 4) is 0 Å². The zero-order chi connectivity index (χ0) is 5.15. The molecule has 2 fully saturated rings. The number of fused-ring (bicyclic) bond motifs is 1. The molecule has 1 radical (unpaired) electrons. The molecule has 4 heteroatoms. The Balaban J connectivity index is 2.26. The van der Waals surface area contributed by atoms with E-state index in [1.807, 2.05) is 0 Å². The van der Waals surface area contributed by atoms with E-state index >= 15 is 0 Å².